The van der Waals surface area contributed by atoms with Crippen molar-refractivity contribution in [1.82, 2.24) is 0 Å². The normalized spacial score (nSPS) is 23.0. The molecule has 2 rings (SSSR count). The van der Waals surface area contributed by atoms with E-state index in [9.17, 15) is 0 Å². The molecule has 0 saturated heterocycles. The Balaban J connectivity index is 2.03. The van der Waals surface area contributed by atoms with E-state index in [-0.39, 0.29) is 6.04 Å². The topological polar surface area (TPSA) is 35.2 Å². The molecule has 1 aliphatic rings. The number of fused-ring (bicyclic) bond motifs is 1. The number of benzene rings is 1. The summed E-state index contributed by atoms with van der Waals surface area (Å²) < 4.78 is 7.07. The van der Waals surface area contributed by atoms with Crippen LogP contribution in [0.25, 0.3) is 0 Å². The van der Waals surface area contributed by atoms with Gasteiger partial charge in [-0.25, -0.2) is 0 Å². The molecule has 0 fully saturated rings. The lowest BCUT2D eigenvalue weighted by Gasteiger charge is -2.30. The van der Waals surface area contributed by atoms with Crippen molar-refractivity contribution in [2.45, 2.75) is 51.2 Å². The Kier molecular flexibility index (Phi) is 4.46. The van der Waals surface area contributed by atoms with E-state index >= 15 is 0 Å². The lowest BCUT2D eigenvalue weighted by molar-refractivity contribution is 0.147. The average Bonchev–Trinajstić information content (AvgIpc) is 2.31. The van der Waals surface area contributed by atoms with Gasteiger partial charge < -0.3 is 10.5 Å². The Bertz CT molecular complexity index is 380. The van der Waals surface area contributed by atoms with Crippen LogP contribution in [0.1, 0.15) is 50.6 Å². The quantitative estimate of drug-likeness (QED) is 0.846. The molecule has 1 heterocycles. The van der Waals surface area contributed by atoms with Crippen LogP contribution in [-0.2, 0) is 0 Å². The highest BCUT2D eigenvalue weighted by Gasteiger charge is 2.25. The molecule has 1 aromatic carbocycles. The van der Waals surface area contributed by atoms with Crippen molar-refractivity contribution < 1.29 is 4.74 Å². The van der Waals surface area contributed by atoms with Gasteiger partial charge in [0.05, 0.1) is 0 Å². The van der Waals surface area contributed by atoms with Crippen LogP contribution < -0.4 is 10.5 Å². The van der Waals surface area contributed by atoms with Crippen LogP contribution in [0.15, 0.2) is 22.7 Å². The molecule has 1 aromatic rings. The number of hydrogen-bond donors (Lipinski definition) is 1. The van der Waals surface area contributed by atoms with Gasteiger partial charge in [-0.2, -0.15) is 0 Å². The highest BCUT2D eigenvalue weighted by molar-refractivity contribution is 9.10. The molecule has 2 atom stereocenters. The summed E-state index contributed by atoms with van der Waals surface area (Å²) in [5.41, 5.74) is 7.34. The zero-order valence-corrected chi connectivity index (χ0v) is 11.9. The van der Waals surface area contributed by atoms with Crippen molar-refractivity contribution in [1.29, 1.82) is 0 Å². The molecule has 0 aromatic heterocycles. The van der Waals surface area contributed by atoms with Crippen LogP contribution in [0.5, 0.6) is 5.75 Å². The van der Waals surface area contributed by atoms with E-state index in [0.29, 0.717) is 6.10 Å². The Morgan fingerprint density at radius 1 is 1.41 bits per heavy atom. The first-order valence-electron chi connectivity index (χ1n) is 6.42. The van der Waals surface area contributed by atoms with Gasteiger partial charge in [-0.15, -0.1) is 0 Å². The molecule has 0 saturated carbocycles. The minimum Gasteiger partial charge on any atom is -0.490 e. The first-order chi connectivity index (χ1) is 8.20. The van der Waals surface area contributed by atoms with Crippen molar-refractivity contribution in [2.75, 3.05) is 0 Å². The number of nitrogens with two attached hydrogens (primary N) is 1. The third-order valence-electron chi connectivity index (χ3n) is 3.31. The van der Waals surface area contributed by atoms with E-state index in [0.717, 1.165) is 28.6 Å². The average molecular weight is 298 g/mol. The maximum Gasteiger partial charge on any atom is 0.124 e. The van der Waals surface area contributed by atoms with Crippen molar-refractivity contribution in [2.24, 2.45) is 5.73 Å². The zero-order chi connectivity index (χ0) is 12.3. The van der Waals surface area contributed by atoms with Crippen LogP contribution >= 0.6 is 15.9 Å². The highest BCUT2D eigenvalue weighted by Crippen LogP contribution is 2.36. The maximum absolute atomic E-state index is 6.21. The molecule has 1 aliphatic heterocycles. The Labute approximate surface area is 112 Å². The second-order valence-corrected chi connectivity index (χ2v) is 5.68. The molecule has 0 bridgehead atoms. The molecule has 2 unspecified atom stereocenters. The summed E-state index contributed by atoms with van der Waals surface area (Å²) in [6.45, 7) is 2.22. The third kappa shape index (κ3) is 3.23. The van der Waals surface area contributed by atoms with Gasteiger partial charge in [0.25, 0.3) is 0 Å². The molecule has 2 nitrogen and oxygen atoms in total. The first-order valence-corrected chi connectivity index (χ1v) is 7.21. The van der Waals surface area contributed by atoms with Crippen LogP contribution in [0.3, 0.4) is 0 Å². The standard InChI is InChI=1S/C14H20BrNO/c1-2-3-4-5-11-9-13(16)12-8-10(15)6-7-14(12)17-11/h6-8,11,13H,2-5,9,16H2,1H3. The minimum atomic E-state index is 0.114. The van der Waals surface area contributed by atoms with Crippen LogP contribution in [-0.4, -0.2) is 6.10 Å². The molecule has 2 N–H and O–H groups in total. The molecule has 3 heteroatoms. The van der Waals surface area contributed by atoms with Crippen molar-refractivity contribution >= 4 is 15.9 Å². The number of unbranched alkanes of at least 4 members (excludes halogenated alkanes) is 2. The molecule has 94 valence electrons. The molecule has 17 heavy (non-hydrogen) atoms. The van der Waals surface area contributed by atoms with E-state index in [4.69, 9.17) is 10.5 Å². The van der Waals surface area contributed by atoms with Crippen LogP contribution in [0, 0.1) is 0 Å². The molecular weight excluding hydrogens is 278 g/mol. The zero-order valence-electron chi connectivity index (χ0n) is 10.3. The monoisotopic (exact) mass is 297 g/mol. The fourth-order valence-electron chi connectivity index (χ4n) is 2.35. The first kappa shape index (κ1) is 12.9. The van der Waals surface area contributed by atoms with Gasteiger partial charge >= 0.3 is 0 Å². The van der Waals surface area contributed by atoms with E-state index < -0.39 is 0 Å². The second kappa shape index (κ2) is 5.87. The molecule has 0 radical (unpaired) electrons. The third-order valence-corrected chi connectivity index (χ3v) is 3.80. The van der Waals surface area contributed by atoms with Crippen molar-refractivity contribution in [3.8, 4) is 5.75 Å². The van der Waals surface area contributed by atoms with E-state index in [2.05, 4.69) is 28.9 Å². The van der Waals surface area contributed by atoms with Gasteiger partial charge in [-0.1, -0.05) is 35.7 Å². The van der Waals surface area contributed by atoms with Crippen molar-refractivity contribution in [3.05, 3.63) is 28.2 Å². The van der Waals surface area contributed by atoms with Crippen molar-refractivity contribution in [3.63, 3.8) is 0 Å². The summed E-state index contributed by atoms with van der Waals surface area (Å²) in [4.78, 5) is 0. The summed E-state index contributed by atoms with van der Waals surface area (Å²) in [5.74, 6) is 0.966. The lowest BCUT2D eigenvalue weighted by atomic mass is 9.95. The summed E-state index contributed by atoms with van der Waals surface area (Å²) in [6, 6.07) is 6.22. The largest absolute Gasteiger partial charge is 0.490 e. The molecule has 0 aliphatic carbocycles. The van der Waals surface area contributed by atoms with Gasteiger partial charge in [0.15, 0.2) is 0 Å². The fourth-order valence-corrected chi connectivity index (χ4v) is 2.73. The minimum absolute atomic E-state index is 0.114. The number of rotatable bonds is 4. The Morgan fingerprint density at radius 2 is 2.24 bits per heavy atom. The van der Waals surface area contributed by atoms with Crippen LogP contribution in [0.2, 0.25) is 0 Å². The van der Waals surface area contributed by atoms with E-state index in [1.165, 1.54) is 19.3 Å². The number of ether oxygens (including phenoxy) is 1. The summed E-state index contributed by atoms with van der Waals surface area (Å²) in [7, 11) is 0. The Morgan fingerprint density at radius 3 is 3.00 bits per heavy atom. The summed E-state index contributed by atoms with van der Waals surface area (Å²) in [5, 5.41) is 0. The number of halogens is 1. The van der Waals surface area contributed by atoms with Gasteiger partial charge in [0, 0.05) is 22.5 Å². The molecular formula is C14H20BrNO. The summed E-state index contributed by atoms with van der Waals surface area (Å²) in [6.07, 6.45) is 6.12. The highest BCUT2D eigenvalue weighted by atomic mass is 79.9. The molecule has 0 amide bonds. The number of hydrogen-bond acceptors (Lipinski definition) is 2. The predicted octanol–water partition coefficient (Wildman–Crippen LogP) is 4.18. The predicted molar refractivity (Wildman–Crippen MR) is 74.2 cm³/mol. The lowest BCUT2D eigenvalue weighted by Crippen LogP contribution is -2.29. The maximum atomic E-state index is 6.21. The van der Waals surface area contributed by atoms with Gasteiger partial charge in [-0.3, -0.25) is 0 Å². The van der Waals surface area contributed by atoms with E-state index in [1.807, 2.05) is 12.1 Å². The molecule has 0 spiro atoms. The van der Waals surface area contributed by atoms with Gasteiger partial charge in [0.1, 0.15) is 11.9 Å². The smallest absolute Gasteiger partial charge is 0.124 e. The SMILES string of the molecule is CCCCCC1CC(N)c2cc(Br)ccc2O1. The fraction of sp³-hybridized carbons (Fsp3) is 0.571. The summed E-state index contributed by atoms with van der Waals surface area (Å²) >= 11 is 3.47. The van der Waals surface area contributed by atoms with E-state index in [1.54, 1.807) is 0 Å². The van der Waals surface area contributed by atoms with Crippen LogP contribution in [0.4, 0.5) is 0 Å². The Hall–Kier alpha value is -0.540. The second-order valence-electron chi connectivity index (χ2n) is 4.76. The van der Waals surface area contributed by atoms with Gasteiger partial charge in [0.2, 0.25) is 0 Å². The van der Waals surface area contributed by atoms with Gasteiger partial charge in [-0.05, 0) is 31.0 Å².